The van der Waals surface area contributed by atoms with Crippen molar-refractivity contribution in [3.8, 4) is 5.88 Å². The van der Waals surface area contributed by atoms with Crippen LogP contribution in [0.2, 0.25) is 0 Å². The zero-order chi connectivity index (χ0) is 30.8. The molecule has 1 saturated heterocycles. The van der Waals surface area contributed by atoms with E-state index in [9.17, 15) is 13.5 Å². The van der Waals surface area contributed by atoms with Gasteiger partial charge in [-0.2, -0.15) is 0 Å². The first kappa shape index (κ1) is 28.8. The molecule has 0 atom stereocenters. The standard InChI is InChI=1S/C37H34N4O3S/c42-37-35(36(28-10-3-1-4-11-28)38-30-16-13-26(14-17-30)25-41-21-7-2-8-22-41)33-24-31(18-20-34(33)39-37)40-45(43,44)32-19-15-27-9-5-6-12-29(27)23-32/h1,3-6,9-20,23-24,39-40,42H,2,7-8,21-22,25H2. The number of aromatic nitrogens is 1. The lowest BCUT2D eigenvalue weighted by Gasteiger charge is -2.26. The fraction of sp³-hybridized carbons (Fsp3) is 0.162. The van der Waals surface area contributed by atoms with Crippen LogP contribution >= 0.6 is 0 Å². The molecule has 0 bridgehead atoms. The highest BCUT2D eigenvalue weighted by Crippen LogP contribution is 2.34. The molecule has 0 amide bonds. The van der Waals surface area contributed by atoms with Crippen LogP contribution in [0.5, 0.6) is 5.88 Å². The maximum absolute atomic E-state index is 13.4. The Kier molecular flexibility index (Phi) is 7.83. The first-order valence-corrected chi connectivity index (χ1v) is 16.7. The number of aliphatic imine (C=N–C) groups is 1. The Morgan fingerprint density at radius 3 is 2.31 bits per heavy atom. The van der Waals surface area contributed by atoms with Crippen LogP contribution in [0.1, 0.15) is 36.0 Å². The highest BCUT2D eigenvalue weighted by Gasteiger charge is 2.21. The minimum Gasteiger partial charge on any atom is -0.494 e. The molecule has 0 saturated carbocycles. The van der Waals surface area contributed by atoms with Gasteiger partial charge in [0.2, 0.25) is 0 Å². The molecule has 45 heavy (non-hydrogen) atoms. The van der Waals surface area contributed by atoms with Gasteiger partial charge in [0.05, 0.1) is 21.9 Å². The van der Waals surface area contributed by atoms with E-state index in [1.54, 1.807) is 36.4 Å². The van der Waals surface area contributed by atoms with E-state index in [2.05, 4.69) is 26.7 Å². The minimum absolute atomic E-state index is 0.0381. The monoisotopic (exact) mass is 614 g/mol. The summed E-state index contributed by atoms with van der Waals surface area (Å²) in [7, 11) is -3.87. The lowest BCUT2D eigenvalue weighted by Crippen LogP contribution is -2.28. The molecule has 226 valence electrons. The Morgan fingerprint density at radius 1 is 0.800 bits per heavy atom. The van der Waals surface area contributed by atoms with Crippen LogP contribution in [0.4, 0.5) is 11.4 Å². The van der Waals surface area contributed by atoms with E-state index in [0.29, 0.717) is 27.9 Å². The normalized spacial score (nSPS) is 14.6. The zero-order valence-electron chi connectivity index (χ0n) is 24.8. The van der Waals surface area contributed by atoms with E-state index in [0.717, 1.165) is 41.7 Å². The average molecular weight is 615 g/mol. The largest absolute Gasteiger partial charge is 0.494 e. The van der Waals surface area contributed by atoms with Crippen LogP contribution in [0.3, 0.4) is 0 Å². The zero-order valence-corrected chi connectivity index (χ0v) is 25.6. The van der Waals surface area contributed by atoms with Gasteiger partial charge in [-0.05, 0) is 84.7 Å². The number of aromatic hydroxyl groups is 1. The summed E-state index contributed by atoms with van der Waals surface area (Å²) in [6, 6.07) is 35.9. The SMILES string of the molecule is O=S(=O)(Nc1ccc2[nH]c(O)c(C(=Nc3ccc(CN4CCCCC4)cc3)c3ccccc3)c2c1)c1ccc2ccccc2c1. The molecule has 1 aliphatic heterocycles. The number of anilines is 1. The quantitative estimate of drug-likeness (QED) is 0.151. The molecule has 0 radical (unpaired) electrons. The van der Waals surface area contributed by atoms with Crippen molar-refractivity contribution < 1.29 is 13.5 Å². The molecular weight excluding hydrogens is 580 g/mol. The number of piperidine rings is 1. The van der Waals surface area contributed by atoms with Crippen LogP contribution < -0.4 is 4.72 Å². The molecule has 1 aromatic heterocycles. The van der Waals surface area contributed by atoms with Crippen LogP contribution in [-0.4, -0.2) is 42.2 Å². The Balaban J connectivity index is 1.24. The van der Waals surface area contributed by atoms with Gasteiger partial charge in [0.25, 0.3) is 10.0 Å². The summed E-state index contributed by atoms with van der Waals surface area (Å²) in [5.41, 5.74) is 4.96. The van der Waals surface area contributed by atoms with Gasteiger partial charge in [0.1, 0.15) is 0 Å². The minimum atomic E-state index is -3.87. The topological polar surface area (TPSA) is 97.8 Å². The predicted octanol–water partition coefficient (Wildman–Crippen LogP) is 7.98. The van der Waals surface area contributed by atoms with Gasteiger partial charge in [0.15, 0.2) is 5.88 Å². The molecule has 3 N–H and O–H groups in total. The number of hydrogen-bond acceptors (Lipinski definition) is 5. The first-order chi connectivity index (χ1) is 21.9. The predicted molar refractivity (Wildman–Crippen MR) is 182 cm³/mol. The summed E-state index contributed by atoms with van der Waals surface area (Å²) in [5.74, 6) is -0.0381. The summed E-state index contributed by atoms with van der Waals surface area (Å²) in [5, 5.41) is 13.7. The lowest BCUT2D eigenvalue weighted by atomic mass is 10.0. The molecule has 7 nitrogen and oxygen atoms in total. The fourth-order valence-electron chi connectivity index (χ4n) is 6.07. The van der Waals surface area contributed by atoms with E-state index < -0.39 is 10.0 Å². The fourth-order valence-corrected chi connectivity index (χ4v) is 7.16. The van der Waals surface area contributed by atoms with Crippen molar-refractivity contribution in [3.63, 3.8) is 0 Å². The maximum atomic E-state index is 13.4. The van der Waals surface area contributed by atoms with E-state index in [1.807, 2.05) is 66.7 Å². The second-order valence-electron chi connectivity index (χ2n) is 11.6. The maximum Gasteiger partial charge on any atom is 0.261 e. The van der Waals surface area contributed by atoms with Gasteiger partial charge in [-0.25, -0.2) is 13.4 Å². The molecule has 8 heteroatoms. The third-order valence-corrected chi connectivity index (χ3v) is 9.76. The van der Waals surface area contributed by atoms with Crippen LogP contribution in [0.15, 0.2) is 125 Å². The van der Waals surface area contributed by atoms with Crippen molar-refractivity contribution in [3.05, 3.63) is 132 Å². The number of nitrogens with zero attached hydrogens (tertiary/aromatic N) is 2. The second-order valence-corrected chi connectivity index (χ2v) is 13.2. The van der Waals surface area contributed by atoms with Crippen LogP contribution in [0.25, 0.3) is 21.7 Å². The number of likely N-dealkylation sites (tertiary alicyclic amines) is 1. The van der Waals surface area contributed by atoms with Crippen molar-refractivity contribution >= 4 is 48.8 Å². The number of sulfonamides is 1. The number of hydrogen-bond donors (Lipinski definition) is 3. The molecule has 0 spiro atoms. The van der Waals surface area contributed by atoms with E-state index in [4.69, 9.17) is 4.99 Å². The highest BCUT2D eigenvalue weighted by atomic mass is 32.2. The Bertz CT molecular complexity index is 2120. The molecule has 0 unspecified atom stereocenters. The summed E-state index contributed by atoms with van der Waals surface area (Å²) in [6.45, 7) is 3.20. The molecule has 2 heterocycles. The smallest absolute Gasteiger partial charge is 0.261 e. The second kappa shape index (κ2) is 12.2. The molecule has 5 aromatic carbocycles. The van der Waals surface area contributed by atoms with Gasteiger partial charge in [0, 0.05) is 28.7 Å². The Morgan fingerprint density at radius 2 is 1.53 bits per heavy atom. The number of rotatable bonds is 8. The number of fused-ring (bicyclic) bond motifs is 2. The molecule has 1 aliphatic rings. The van der Waals surface area contributed by atoms with Crippen molar-refractivity contribution in [1.82, 2.24) is 9.88 Å². The van der Waals surface area contributed by atoms with E-state index in [-0.39, 0.29) is 10.8 Å². The summed E-state index contributed by atoms with van der Waals surface area (Å²) >= 11 is 0. The summed E-state index contributed by atoms with van der Waals surface area (Å²) in [4.78, 5) is 10.8. The van der Waals surface area contributed by atoms with Gasteiger partial charge >= 0.3 is 0 Å². The number of H-pyrrole nitrogens is 1. The highest BCUT2D eigenvalue weighted by molar-refractivity contribution is 7.92. The third-order valence-electron chi connectivity index (χ3n) is 8.38. The van der Waals surface area contributed by atoms with Gasteiger partial charge < -0.3 is 10.1 Å². The Labute approximate surface area is 262 Å². The molecule has 0 aliphatic carbocycles. The number of nitrogens with one attached hydrogen (secondary N) is 2. The van der Waals surface area contributed by atoms with Gasteiger partial charge in [-0.1, -0.05) is 79.2 Å². The van der Waals surface area contributed by atoms with E-state index >= 15 is 0 Å². The van der Waals surface area contributed by atoms with E-state index in [1.165, 1.54) is 24.8 Å². The summed E-state index contributed by atoms with van der Waals surface area (Å²) < 4.78 is 29.6. The van der Waals surface area contributed by atoms with Crippen molar-refractivity contribution in [2.45, 2.75) is 30.7 Å². The molecule has 7 rings (SSSR count). The number of aromatic amines is 1. The third kappa shape index (κ3) is 6.20. The van der Waals surface area contributed by atoms with Gasteiger partial charge in [-0.3, -0.25) is 9.62 Å². The average Bonchev–Trinajstić information content (AvgIpc) is 3.39. The molecular formula is C37H34N4O3S. The van der Waals surface area contributed by atoms with Crippen molar-refractivity contribution in [2.24, 2.45) is 4.99 Å². The number of benzene rings is 5. The Hall–Kier alpha value is -4.92. The van der Waals surface area contributed by atoms with Crippen molar-refractivity contribution in [1.29, 1.82) is 0 Å². The van der Waals surface area contributed by atoms with Crippen molar-refractivity contribution in [2.75, 3.05) is 17.8 Å². The van der Waals surface area contributed by atoms with Crippen LogP contribution in [0, 0.1) is 0 Å². The lowest BCUT2D eigenvalue weighted by molar-refractivity contribution is 0.221. The van der Waals surface area contributed by atoms with Crippen LogP contribution in [-0.2, 0) is 16.6 Å². The van der Waals surface area contributed by atoms with Gasteiger partial charge in [-0.15, -0.1) is 0 Å². The molecule has 6 aromatic rings. The first-order valence-electron chi connectivity index (χ1n) is 15.3. The summed E-state index contributed by atoms with van der Waals surface area (Å²) in [6.07, 6.45) is 3.82. The molecule has 1 fully saturated rings.